The molecular formula is C12H14O2. The van der Waals surface area contributed by atoms with Gasteiger partial charge in [-0.1, -0.05) is 37.3 Å². The number of benzene rings is 1. The first-order valence-electron chi connectivity index (χ1n) is 4.96. The molecule has 1 aromatic carbocycles. The Kier molecular flexibility index (Phi) is 2.38. The fourth-order valence-electron chi connectivity index (χ4n) is 2.13. The van der Waals surface area contributed by atoms with Crippen molar-refractivity contribution in [3.8, 4) is 0 Å². The van der Waals surface area contributed by atoms with Crippen molar-refractivity contribution in [1.29, 1.82) is 0 Å². The summed E-state index contributed by atoms with van der Waals surface area (Å²) in [6.45, 7) is 1.92. The number of ketones is 1. The molecule has 2 rings (SSSR count). The van der Waals surface area contributed by atoms with E-state index in [0.29, 0.717) is 6.42 Å². The van der Waals surface area contributed by atoms with Crippen LogP contribution in [-0.2, 0) is 4.79 Å². The molecule has 1 N–H and O–H groups in total. The number of hydrogen-bond acceptors (Lipinski definition) is 2. The molecule has 3 atom stereocenters. The van der Waals surface area contributed by atoms with Crippen LogP contribution in [0.1, 0.15) is 24.8 Å². The van der Waals surface area contributed by atoms with Crippen molar-refractivity contribution in [3.63, 3.8) is 0 Å². The zero-order valence-electron chi connectivity index (χ0n) is 8.18. The molecule has 0 bridgehead atoms. The van der Waals surface area contributed by atoms with Gasteiger partial charge in [0.2, 0.25) is 0 Å². The van der Waals surface area contributed by atoms with Crippen molar-refractivity contribution >= 4 is 5.78 Å². The van der Waals surface area contributed by atoms with Crippen LogP contribution < -0.4 is 0 Å². The molecule has 74 valence electrons. The molecule has 14 heavy (non-hydrogen) atoms. The zero-order valence-corrected chi connectivity index (χ0v) is 8.18. The van der Waals surface area contributed by atoms with Crippen molar-refractivity contribution in [3.05, 3.63) is 35.9 Å². The zero-order chi connectivity index (χ0) is 10.1. The maximum Gasteiger partial charge on any atom is 0.143 e. The molecule has 3 unspecified atom stereocenters. The highest BCUT2D eigenvalue weighted by atomic mass is 16.3. The van der Waals surface area contributed by atoms with Crippen LogP contribution in [0.3, 0.4) is 0 Å². The van der Waals surface area contributed by atoms with Crippen LogP contribution in [0, 0.1) is 5.92 Å². The summed E-state index contributed by atoms with van der Waals surface area (Å²) in [5, 5.41) is 9.86. The third kappa shape index (κ3) is 1.46. The number of carbonyl (C=O) groups is 1. The molecule has 2 heteroatoms. The topological polar surface area (TPSA) is 37.3 Å². The lowest BCUT2D eigenvalue weighted by Crippen LogP contribution is -2.19. The quantitative estimate of drug-likeness (QED) is 0.732. The van der Waals surface area contributed by atoms with Gasteiger partial charge in [0.15, 0.2) is 0 Å². The van der Waals surface area contributed by atoms with Crippen molar-refractivity contribution in [1.82, 2.24) is 0 Å². The van der Waals surface area contributed by atoms with Crippen LogP contribution in [-0.4, -0.2) is 17.0 Å². The lowest BCUT2D eigenvalue weighted by Gasteiger charge is -2.15. The van der Waals surface area contributed by atoms with Gasteiger partial charge in [-0.2, -0.15) is 0 Å². The predicted molar refractivity (Wildman–Crippen MR) is 54.0 cm³/mol. The summed E-state index contributed by atoms with van der Waals surface area (Å²) >= 11 is 0. The first kappa shape index (κ1) is 9.41. The van der Waals surface area contributed by atoms with Gasteiger partial charge in [0.1, 0.15) is 5.78 Å². The van der Waals surface area contributed by atoms with E-state index < -0.39 is 6.10 Å². The Bertz CT molecular complexity index is 331. The van der Waals surface area contributed by atoms with Crippen molar-refractivity contribution < 1.29 is 9.90 Å². The molecule has 1 fully saturated rings. The number of hydrogen-bond donors (Lipinski definition) is 1. The van der Waals surface area contributed by atoms with Gasteiger partial charge in [0, 0.05) is 6.42 Å². The highest BCUT2D eigenvalue weighted by Crippen LogP contribution is 2.35. The molecule has 1 saturated carbocycles. The molecule has 1 aromatic rings. The lowest BCUT2D eigenvalue weighted by molar-refractivity contribution is -0.119. The molecule has 0 saturated heterocycles. The Balaban J connectivity index is 2.31. The minimum atomic E-state index is -0.509. The molecule has 1 aliphatic carbocycles. The van der Waals surface area contributed by atoms with Crippen LogP contribution in [0.4, 0.5) is 0 Å². The third-order valence-corrected chi connectivity index (χ3v) is 2.95. The average Bonchev–Trinajstić information content (AvgIpc) is 2.43. The van der Waals surface area contributed by atoms with E-state index in [1.165, 1.54) is 0 Å². The van der Waals surface area contributed by atoms with Gasteiger partial charge in [-0.05, 0) is 11.5 Å². The number of carbonyl (C=O) groups excluding carboxylic acids is 1. The fraction of sp³-hybridized carbons (Fsp3) is 0.417. The summed E-state index contributed by atoms with van der Waals surface area (Å²) < 4.78 is 0. The van der Waals surface area contributed by atoms with Gasteiger partial charge < -0.3 is 5.11 Å². The monoisotopic (exact) mass is 190 g/mol. The Morgan fingerprint density at radius 2 is 1.93 bits per heavy atom. The molecule has 2 nitrogen and oxygen atoms in total. The van der Waals surface area contributed by atoms with E-state index in [4.69, 9.17) is 0 Å². The second-order valence-electron chi connectivity index (χ2n) is 4.03. The fourth-order valence-corrected chi connectivity index (χ4v) is 2.13. The lowest BCUT2D eigenvalue weighted by atomic mass is 9.93. The average molecular weight is 190 g/mol. The minimum Gasteiger partial charge on any atom is -0.392 e. The normalized spacial score (nSPS) is 32.1. The molecule has 0 aromatic heterocycles. The van der Waals surface area contributed by atoms with Gasteiger partial charge in [-0.15, -0.1) is 0 Å². The summed E-state index contributed by atoms with van der Waals surface area (Å²) in [7, 11) is 0. The summed E-state index contributed by atoms with van der Waals surface area (Å²) in [6, 6.07) is 9.53. The Morgan fingerprint density at radius 1 is 1.29 bits per heavy atom. The minimum absolute atomic E-state index is 0.0905. The largest absolute Gasteiger partial charge is 0.392 e. The van der Waals surface area contributed by atoms with E-state index in [-0.39, 0.29) is 17.6 Å². The second kappa shape index (κ2) is 3.54. The van der Waals surface area contributed by atoms with Crippen molar-refractivity contribution in [2.24, 2.45) is 5.92 Å². The summed E-state index contributed by atoms with van der Waals surface area (Å²) in [5.41, 5.74) is 0.939. The number of aliphatic hydroxyl groups is 1. The first-order valence-corrected chi connectivity index (χ1v) is 4.96. The molecule has 0 amide bonds. The van der Waals surface area contributed by atoms with Gasteiger partial charge in [0.05, 0.1) is 12.0 Å². The first-order chi connectivity index (χ1) is 6.70. The maximum absolute atomic E-state index is 11.6. The van der Waals surface area contributed by atoms with Crippen molar-refractivity contribution in [2.45, 2.75) is 25.4 Å². The smallest absolute Gasteiger partial charge is 0.143 e. The van der Waals surface area contributed by atoms with Crippen LogP contribution in [0.15, 0.2) is 30.3 Å². The van der Waals surface area contributed by atoms with Gasteiger partial charge >= 0.3 is 0 Å². The van der Waals surface area contributed by atoms with Crippen LogP contribution in [0.2, 0.25) is 0 Å². The highest BCUT2D eigenvalue weighted by molar-refractivity contribution is 5.89. The molecule has 0 heterocycles. The summed E-state index contributed by atoms with van der Waals surface area (Å²) in [6.07, 6.45) is -0.00863. The summed E-state index contributed by atoms with van der Waals surface area (Å²) in [5.74, 6) is -0.0462. The van der Waals surface area contributed by atoms with Crippen LogP contribution in [0.25, 0.3) is 0 Å². The van der Waals surface area contributed by atoms with E-state index >= 15 is 0 Å². The van der Waals surface area contributed by atoms with E-state index in [0.717, 1.165) is 5.56 Å². The number of rotatable bonds is 1. The summed E-state index contributed by atoms with van der Waals surface area (Å²) in [4.78, 5) is 11.6. The van der Waals surface area contributed by atoms with Gasteiger partial charge in [-0.3, -0.25) is 4.79 Å². The van der Waals surface area contributed by atoms with E-state index in [9.17, 15) is 9.90 Å². The second-order valence-corrected chi connectivity index (χ2v) is 4.03. The maximum atomic E-state index is 11.6. The molecule has 0 aliphatic heterocycles. The standard InChI is InChI=1S/C12H14O2/c1-8-7-10(13)11(12(8)14)9-5-3-2-4-6-9/h2-6,8,11-12,14H,7H2,1H3. The SMILES string of the molecule is CC1CC(=O)C(c2ccccc2)C1O. The Morgan fingerprint density at radius 3 is 2.43 bits per heavy atom. The van der Waals surface area contributed by atoms with Crippen molar-refractivity contribution in [2.75, 3.05) is 0 Å². The molecule has 0 spiro atoms. The third-order valence-electron chi connectivity index (χ3n) is 2.95. The molecule has 1 aliphatic rings. The Hall–Kier alpha value is -1.15. The van der Waals surface area contributed by atoms with Crippen LogP contribution >= 0.6 is 0 Å². The Labute approximate surface area is 83.6 Å². The highest BCUT2D eigenvalue weighted by Gasteiger charge is 2.39. The van der Waals surface area contributed by atoms with E-state index in [1.54, 1.807) is 0 Å². The molecular weight excluding hydrogens is 176 g/mol. The van der Waals surface area contributed by atoms with E-state index in [2.05, 4.69) is 0 Å². The van der Waals surface area contributed by atoms with Gasteiger partial charge in [-0.25, -0.2) is 0 Å². The number of aliphatic hydroxyl groups excluding tert-OH is 1. The van der Waals surface area contributed by atoms with Crippen LogP contribution in [0.5, 0.6) is 0 Å². The molecule has 0 radical (unpaired) electrons. The number of Topliss-reactive ketones (excluding diaryl/α,β-unsaturated/α-hetero) is 1. The van der Waals surface area contributed by atoms with E-state index in [1.807, 2.05) is 37.3 Å². The predicted octanol–water partition coefficient (Wildman–Crippen LogP) is 1.74. The van der Waals surface area contributed by atoms with Gasteiger partial charge in [0.25, 0.3) is 0 Å².